The molecule has 1 aliphatic carbocycles. The quantitative estimate of drug-likeness (QED) is 0.666. The average molecular weight is 167 g/mol. The van der Waals surface area contributed by atoms with Gasteiger partial charge in [0, 0.05) is 13.1 Å². The maximum atomic E-state index is 8.49. The number of nitrogens with zero attached hydrogens (tertiary/aromatic N) is 2. The van der Waals surface area contributed by atoms with E-state index in [0.717, 1.165) is 12.5 Å². The molecule has 0 radical (unpaired) electrons. The summed E-state index contributed by atoms with van der Waals surface area (Å²) in [5, 5.41) is 8.49. The van der Waals surface area contributed by atoms with E-state index in [2.05, 4.69) is 4.90 Å². The van der Waals surface area contributed by atoms with E-state index in [-0.39, 0.29) is 6.04 Å². The molecule has 0 aromatic heterocycles. The van der Waals surface area contributed by atoms with Gasteiger partial charge in [-0.1, -0.05) is 6.42 Å². The zero-order chi connectivity index (χ0) is 8.97. The fourth-order valence-corrected chi connectivity index (χ4v) is 1.57. The summed E-state index contributed by atoms with van der Waals surface area (Å²) in [4.78, 5) is 2.16. The van der Waals surface area contributed by atoms with Gasteiger partial charge in [-0.05, 0) is 25.8 Å². The second-order valence-electron chi connectivity index (χ2n) is 3.75. The number of hydrogen-bond donors (Lipinski definition) is 1. The smallest absolute Gasteiger partial charge is 0.106 e. The molecule has 1 unspecified atom stereocenters. The molecule has 1 fully saturated rings. The summed E-state index contributed by atoms with van der Waals surface area (Å²) in [6.07, 6.45) is 4.08. The number of nitriles is 1. The van der Waals surface area contributed by atoms with Crippen molar-refractivity contribution in [3.05, 3.63) is 0 Å². The fourth-order valence-electron chi connectivity index (χ4n) is 1.57. The first-order valence-corrected chi connectivity index (χ1v) is 4.56. The van der Waals surface area contributed by atoms with Gasteiger partial charge in [-0.3, -0.25) is 0 Å². The topological polar surface area (TPSA) is 53.0 Å². The third-order valence-electron chi connectivity index (χ3n) is 2.47. The molecule has 1 saturated carbocycles. The molecule has 2 N–H and O–H groups in total. The highest BCUT2D eigenvalue weighted by Gasteiger charge is 2.19. The largest absolute Gasteiger partial charge is 0.315 e. The van der Waals surface area contributed by atoms with Gasteiger partial charge in [0.2, 0.25) is 0 Å². The highest BCUT2D eigenvalue weighted by Crippen LogP contribution is 2.26. The summed E-state index contributed by atoms with van der Waals surface area (Å²) >= 11 is 0. The number of hydrogen-bond acceptors (Lipinski definition) is 3. The summed E-state index contributed by atoms with van der Waals surface area (Å²) in [7, 11) is 2.04. The van der Waals surface area contributed by atoms with Crippen molar-refractivity contribution in [1.82, 2.24) is 4.90 Å². The second-order valence-corrected chi connectivity index (χ2v) is 3.75. The average Bonchev–Trinajstić information content (AvgIpc) is 1.97. The minimum absolute atomic E-state index is 0.324. The molecule has 0 heterocycles. The Hall–Kier alpha value is -0.590. The van der Waals surface area contributed by atoms with Gasteiger partial charge in [-0.2, -0.15) is 5.26 Å². The standard InChI is InChI=1S/C9H17N3/c1-12(7-9(11)5-10)6-8-3-2-4-8/h8-9H,2-4,6-7,11H2,1H3. The van der Waals surface area contributed by atoms with Crippen molar-refractivity contribution in [2.75, 3.05) is 20.1 Å². The molecule has 3 nitrogen and oxygen atoms in total. The predicted molar refractivity (Wildman–Crippen MR) is 48.4 cm³/mol. The van der Waals surface area contributed by atoms with Gasteiger partial charge in [0.15, 0.2) is 0 Å². The monoisotopic (exact) mass is 167 g/mol. The van der Waals surface area contributed by atoms with Crippen LogP contribution in [0.3, 0.4) is 0 Å². The summed E-state index contributed by atoms with van der Waals surface area (Å²) in [5.41, 5.74) is 5.51. The summed E-state index contributed by atoms with van der Waals surface area (Å²) in [6, 6.07) is 1.72. The van der Waals surface area contributed by atoms with Crippen molar-refractivity contribution < 1.29 is 0 Å². The molecule has 0 saturated heterocycles. The van der Waals surface area contributed by atoms with Crippen molar-refractivity contribution in [1.29, 1.82) is 5.26 Å². The molecule has 0 aromatic rings. The van der Waals surface area contributed by atoms with E-state index in [1.165, 1.54) is 19.3 Å². The van der Waals surface area contributed by atoms with Crippen LogP contribution in [0.25, 0.3) is 0 Å². The lowest BCUT2D eigenvalue weighted by Crippen LogP contribution is -2.38. The maximum Gasteiger partial charge on any atom is 0.106 e. The molecular weight excluding hydrogens is 150 g/mol. The molecule has 68 valence electrons. The maximum absolute atomic E-state index is 8.49. The highest BCUT2D eigenvalue weighted by molar-refractivity contribution is 4.88. The normalized spacial score (nSPS) is 20.2. The van der Waals surface area contributed by atoms with Gasteiger partial charge < -0.3 is 10.6 Å². The van der Waals surface area contributed by atoms with Crippen LogP contribution in [0.1, 0.15) is 19.3 Å². The van der Waals surface area contributed by atoms with Crippen LogP contribution in [0.5, 0.6) is 0 Å². The van der Waals surface area contributed by atoms with Crippen molar-refractivity contribution in [3.63, 3.8) is 0 Å². The van der Waals surface area contributed by atoms with Crippen LogP contribution in [-0.4, -0.2) is 31.1 Å². The van der Waals surface area contributed by atoms with Crippen LogP contribution in [-0.2, 0) is 0 Å². The highest BCUT2D eigenvalue weighted by atomic mass is 15.1. The van der Waals surface area contributed by atoms with E-state index in [4.69, 9.17) is 11.0 Å². The number of likely N-dealkylation sites (N-methyl/N-ethyl adjacent to an activating group) is 1. The number of nitrogens with two attached hydrogens (primary N) is 1. The van der Waals surface area contributed by atoms with Crippen molar-refractivity contribution >= 4 is 0 Å². The van der Waals surface area contributed by atoms with E-state index in [0.29, 0.717) is 6.54 Å². The van der Waals surface area contributed by atoms with Gasteiger partial charge in [0.05, 0.1) is 6.07 Å². The van der Waals surface area contributed by atoms with E-state index in [9.17, 15) is 0 Å². The first kappa shape index (κ1) is 9.50. The molecule has 12 heavy (non-hydrogen) atoms. The van der Waals surface area contributed by atoms with Crippen LogP contribution in [0.2, 0.25) is 0 Å². The molecular formula is C9H17N3. The zero-order valence-electron chi connectivity index (χ0n) is 7.66. The molecule has 1 aliphatic rings. The first-order chi connectivity index (χ1) is 5.72. The van der Waals surface area contributed by atoms with Gasteiger partial charge in [0.1, 0.15) is 6.04 Å². The molecule has 0 spiro atoms. The van der Waals surface area contributed by atoms with Crippen LogP contribution < -0.4 is 5.73 Å². The molecule has 3 heteroatoms. The SMILES string of the molecule is CN(CC(N)C#N)CC1CCC1. The van der Waals surface area contributed by atoms with E-state index in [1.54, 1.807) is 0 Å². The van der Waals surface area contributed by atoms with Crippen molar-refractivity contribution in [2.45, 2.75) is 25.3 Å². The van der Waals surface area contributed by atoms with E-state index < -0.39 is 0 Å². The minimum Gasteiger partial charge on any atom is -0.315 e. The Labute approximate surface area is 74.1 Å². The minimum atomic E-state index is -0.324. The Morgan fingerprint density at radius 3 is 2.75 bits per heavy atom. The van der Waals surface area contributed by atoms with Crippen molar-refractivity contribution in [3.8, 4) is 6.07 Å². The molecule has 1 atom stereocenters. The lowest BCUT2D eigenvalue weighted by atomic mass is 9.85. The van der Waals surface area contributed by atoms with Gasteiger partial charge in [-0.25, -0.2) is 0 Å². The third-order valence-corrected chi connectivity index (χ3v) is 2.47. The van der Waals surface area contributed by atoms with Crippen LogP contribution in [0, 0.1) is 17.2 Å². The Balaban J connectivity index is 2.11. The molecule has 1 rings (SSSR count). The Kier molecular flexibility index (Phi) is 3.51. The van der Waals surface area contributed by atoms with E-state index in [1.807, 2.05) is 13.1 Å². The first-order valence-electron chi connectivity index (χ1n) is 4.56. The summed E-state index contributed by atoms with van der Waals surface area (Å²) in [6.45, 7) is 1.81. The fraction of sp³-hybridized carbons (Fsp3) is 0.889. The summed E-state index contributed by atoms with van der Waals surface area (Å²) in [5.74, 6) is 0.862. The lowest BCUT2D eigenvalue weighted by Gasteiger charge is -2.30. The van der Waals surface area contributed by atoms with Crippen LogP contribution >= 0.6 is 0 Å². The van der Waals surface area contributed by atoms with Gasteiger partial charge in [0.25, 0.3) is 0 Å². The van der Waals surface area contributed by atoms with Crippen LogP contribution in [0.15, 0.2) is 0 Å². The lowest BCUT2D eigenvalue weighted by molar-refractivity contribution is 0.203. The Morgan fingerprint density at radius 1 is 1.67 bits per heavy atom. The summed E-state index contributed by atoms with van der Waals surface area (Å²) < 4.78 is 0. The Bertz CT molecular complexity index is 169. The zero-order valence-corrected chi connectivity index (χ0v) is 7.66. The third kappa shape index (κ3) is 2.80. The van der Waals surface area contributed by atoms with Gasteiger partial charge in [-0.15, -0.1) is 0 Å². The molecule has 0 bridgehead atoms. The molecule has 0 amide bonds. The molecule has 0 aromatic carbocycles. The van der Waals surface area contributed by atoms with E-state index >= 15 is 0 Å². The Morgan fingerprint density at radius 2 is 2.33 bits per heavy atom. The predicted octanol–water partition coefficient (Wildman–Crippen LogP) is 0.569. The van der Waals surface area contributed by atoms with Crippen molar-refractivity contribution in [2.24, 2.45) is 11.7 Å². The molecule has 0 aliphatic heterocycles. The number of rotatable bonds is 4. The second kappa shape index (κ2) is 4.44. The van der Waals surface area contributed by atoms with Gasteiger partial charge >= 0.3 is 0 Å². The van der Waals surface area contributed by atoms with Crippen LogP contribution in [0.4, 0.5) is 0 Å².